The molecule has 0 saturated carbocycles. The molecule has 2 aromatic rings. The molecule has 0 aliphatic rings. The topological polar surface area (TPSA) is 98.0 Å². The average Bonchev–Trinajstić information content (AvgIpc) is 2.51. The summed E-state index contributed by atoms with van der Waals surface area (Å²) < 4.78 is 0. The van der Waals surface area contributed by atoms with Crippen LogP contribution in [0.1, 0.15) is 5.56 Å². The fourth-order valence-corrected chi connectivity index (χ4v) is 2.42. The lowest BCUT2D eigenvalue weighted by atomic mass is 10.2. The SMILES string of the molecule is Cc1ccc(Sc2ccc(N/N=C(\C#N)C(=N)N)cc2)cc1. The molecule has 4 N–H and O–H groups in total. The van der Waals surface area contributed by atoms with Gasteiger partial charge in [0, 0.05) is 9.79 Å². The first kappa shape index (κ1) is 15.6. The largest absolute Gasteiger partial charge is 0.382 e. The van der Waals surface area contributed by atoms with Gasteiger partial charge in [0.1, 0.15) is 6.07 Å². The van der Waals surface area contributed by atoms with Gasteiger partial charge in [0.25, 0.3) is 0 Å². The second-order valence-corrected chi connectivity index (χ2v) is 5.68. The molecule has 0 aromatic heterocycles. The van der Waals surface area contributed by atoms with E-state index in [-0.39, 0.29) is 11.5 Å². The van der Waals surface area contributed by atoms with Crippen LogP contribution >= 0.6 is 11.8 Å². The molecular formula is C16H15N5S. The van der Waals surface area contributed by atoms with Gasteiger partial charge >= 0.3 is 0 Å². The molecule has 0 heterocycles. The lowest BCUT2D eigenvalue weighted by Crippen LogP contribution is -2.21. The van der Waals surface area contributed by atoms with Crippen molar-refractivity contribution in [2.45, 2.75) is 16.7 Å². The molecule has 0 spiro atoms. The number of hydrazone groups is 1. The number of nitrogens with one attached hydrogen (secondary N) is 2. The lowest BCUT2D eigenvalue weighted by Gasteiger charge is -2.04. The highest BCUT2D eigenvalue weighted by Gasteiger charge is 2.01. The van der Waals surface area contributed by atoms with Gasteiger partial charge in [-0.3, -0.25) is 10.8 Å². The Morgan fingerprint density at radius 3 is 2.18 bits per heavy atom. The molecule has 2 rings (SSSR count). The van der Waals surface area contributed by atoms with Crippen LogP contribution < -0.4 is 11.2 Å². The van der Waals surface area contributed by atoms with Gasteiger partial charge < -0.3 is 5.73 Å². The number of benzene rings is 2. The number of aryl methyl sites for hydroxylation is 1. The monoisotopic (exact) mass is 309 g/mol. The predicted molar refractivity (Wildman–Crippen MR) is 90.3 cm³/mol. The number of hydrogen-bond acceptors (Lipinski definition) is 5. The summed E-state index contributed by atoms with van der Waals surface area (Å²) in [6.45, 7) is 2.06. The Morgan fingerprint density at radius 1 is 1.14 bits per heavy atom. The van der Waals surface area contributed by atoms with Gasteiger partial charge in [0.15, 0.2) is 5.84 Å². The Kier molecular flexibility index (Phi) is 5.17. The Morgan fingerprint density at radius 2 is 1.68 bits per heavy atom. The second kappa shape index (κ2) is 7.29. The Bertz CT molecular complexity index is 727. The van der Waals surface area contributed by atoms with Crippen molar-refractivity contribution in [3.05, 3.63) is 54.1 Å². The van der Waals surface area contributed by atoms with Crippen LogP contribution in [0, 0.1) is 23.7 Å². The van der Waals surface area contributed by atoms with E-state index >= 15 is 0 Å². The summed E-state index contributed by atoms with van der Waals surface area (Å²) in [4.78, 5) is 2.28. The fraction of sp³-hybridized carbons (Fsp3) is 0.0625. The summed E-state index contributed by atoms with van der Waals surface area (Å²) in [5, 5.41) is 19.7. The molecule has 0 amide bonds. The first-order chi connectivity index (χ1) is 10.6. The zero-order chi connectivity index (χ0) is 15.9. The van der Waals surface area contributed by atoms with Crippen LogP contribution in [0.5, 0.6) is 0 Å². The molecule has 0 fully saturated rings. The third-order valence-corrected chi connectivity index (χ3v) is 3.78. The van der Waals surface area contributed by atoms with Crippen LogP contribution in [-0.2, 0) is 0 Å². The number of anilines is 1. The van der Waals surface area contributed by atoms with Crippen LogP contribution in [0.25, 0.3) is 0 Å². The molecule has 0 aliphatic heterocycles. The second-order valence-electron chi connectivity index (χ2n) is 4.54. The maximum absolute atomic E-state index is 8.76. The van der Waals surface area contributed by atoms with Crippen LogP contribution in [0.3, 0.4) is 0 Å². The molecule has 0 saturated heterocycles. The number of nitriles is 1. The standard InChI is InChI=1S/C16H15N5S/c1-11-2-6-13(7-3-11)22-14-8-4-12(5-9-14)20-21-15(10-17)16(18)19/h2-9,20H,1H3,(H3,18,19)/b21-15+. The van der Waals surface area contributed by atoms with Crippen molar-refractivity contribution < 1.29 is 0 Å². The Balaban J connectivity index is 2.03. The van der Waals surface area contributed by atoms with Crippen molar-refractivity contribution in [1.82, 2.24) is 0 Å². The van der Waals surface area contributed by atoms with E-state index in [0.717, 1.165) is 10.6 Å². The highest BCUT2D eigenvalue weighted by molar-refractivity contribution is 7.99. The van der Waals surface area contributed by atoms with Gasteiger partial charge in [-0.25, -0.2) is 0 Å². The first-order valence-corrected chi connectivity index (χ1v) is 7.33. The van der Waals surface area contributed by atoms with E-state index in [9.17, 15) is 0 Å². The zero-order valence-electron chi connectivity index (χ0n) is 12.0. The minimum atomic E-state index is -0.360. The van der Waals surface area contributed by atoms with E-state index in [1.807, 2.05) is 24.3 Å². The fourth-order valence-electron chi connectivity index (χ4n) is 1.61. The highest BCUT2D eigenvalue weighted by Crippen LogP contribution is 2.28. The molecule has 110 valence electrons. The van der Waals surface area contributed by atoms with Gasteiger partial charge in [0.2, 0.25) is 5.71 Å². The number of nitrogens with zero attached hydrogens (tertiary/aromatic N) is 2. The van der Waals surface area contributed by atoms with Crippen molar-refractivity contribution in [2.24, 2.45) is 10.8 Å². The van der Waals surface area contributed by atoms with E-state index in [1.54, 1.807) is 17.8 Å². The van der Waals surface area contributed by atoms with Crippen LogP contribution in [0.15, 0.2) is 63.4 Å². The Labute approximate surface area is 133 Å². The molecule has 0 radical (unpaired) electrons. The van der Waals surface area contributed by atoms with Gasteiger partial charge in [-0.1, -0.05) is 29.5 Å². The van der Waals surface area contributed by atoms with E-state index in [4.69, 9.17) is 16.4 Å². The number of nitrogens with two attached hydrogens (primary N) is 1. The summed E-state index contributed by atoms with van der Waals surface area (Å²) in [5.41, 5.74) is 9.75. The van der Waals surface area contributed by atoms with Crippen molar-refractivity contribution >= 4 is 29.0 Å². The van der Waals surface area contributed by atoms with E-state index < -0.39 is 0 Å². The molecule has 0 bridgehead atoms. The molecule has 0 unspecified atom stereocenters. The lowest BCUT2D eigenvalue weighted by molar-refractivity contribution is 1.31. The van der Waals surface area contributed by atoms with Crippen molar-refractivity contribution in [2.75, 3.05) is 5.43 Å². The van der Waals surface area contributed by atoms with Crippen molar-refractivity contribution in [1.29, 1.82) is 10.7 Å². The average molecular weight is 309 g/mol. The molecule has 22 heavy (non-hydrogen) atoms. The van der Waals surface area contributed by atoms with E-state index in [2.05, 4.69) is 41.7 Å². The minimum absolute atomic E-state index is 0.141. The molecule has 6 heteroatoms. The van der Waals surface area contributed by atoms with Crippen LogP contribution in [-0.4, -0.2) is 11.5 Å². The van der Waals surface area contributed by atoms with Gasteiger partial charge in [0.05, 0.1) is 5.69 Å². The summed E-state index contributed by atoms with van der Waals surface area (Å²) in [6.07, 6.45) is 0. The summed E-state index contributed by atoms with van der Waals surface area (Å²) in [5.74, 6) is -0.360. The molecular weight excluding hydrogens is 294 g/mol. The van der Waals surface area contributed by atoms with E-state index in [1.165, 1.54) is 10.5 Å². The number of hydrogen-bond donors (Lipinski definition) is 3. The number of amidine groups is 1. The maximum Gasteiger partial charge on any atom is 0.201 e. The van der Waals surface area contributed by atoms with Crippen molar-refractivity contribution in [3.8, 4) is 6.07 Å². The third kappa shape index (κ3) is 4.36. The molecule has 2 aromatic carbocycles. The zero-order valence-corrected chi connectivity index (χ0v) is 12.8. The summed E-state index contributed by atoms with van der Waals surface area (Å²) in [7, 11) is 0. The third-order valence-electron chi connectivity index (χ3n) is 2.77. The predicted octanol–water partition coefficient (Wildman–Crippen LogP) is 3.37. The molecule has 0 atom stereocenters. The summed E-state index contributed by atoms with van der Waals surface area (Å²) >= 11 is 1.67. The van der Waals surface area contributed by atoms with Crippen molar-refractivity contribution in [3.63, 3.8) is 0 Å². The van der Waals surface area contributed by atoms with E-state index in [0.29, 0.717) is 0 Å². The number of rotatable bonds is 5. The summed E-state index contributed by atoms with van der Waals surface area (Å²) in [6, 6.07) is 17.7. The van der Waals surface area contributed by atoms with Crippen LogP contribution in [0.2, 0.25) is 0 Å². The van der Waals surface area contributed by atoms with Crippen LogP contribution in [0.4, 0.5) is 5.69 Å². The molecule has 0 aliphatic carbocycles. The highest BCUT2D eigenvalue weighted by atomic mass is 32.2. The van der Waals surface area contributed by atoms with Gasteiger partial charge in [-0.2, -0.15) is 10.4 Å². The normalized spacial score (nSPS) is 10.8. The molecule has 5 nitrogen and oxygen atoms in total. The minimum Gasteiger partial charge on any atom is -0.382 e. The van der Waals surface area contributed by atoms with Gasteiger partial charge in [-0.05, 0) is 43.3 Å². The maximum atomic E-state index is 8.76. The first-order valence-electron chi connectivity index (χ1n) is 6.51. The smallest absolute Gasteiger partial charge is 0.201 e. The quantitative estimate of drug-likeness (QED) is 0.448. The van der Waals surface area contributed by atoms with Gasteiger partial charge in [-0.15, -0.1) is 0 Å². The Hall–Kier alpha value is -2.78.